The number of nitrogens with zero attached hydrogens (tertiary/aromatic N) is 2. The van der Waals surface area contributed by atoms with E-state index in [1.807, 2.05) is 13.0 Å². The van der Waals surface area contributed by atoms with Crippen LogP contribution in [-0.4, -0.2) is 36.5 Å². The van der Waals surface area contributed by atoms with Crippen molar-refractivity contribution in [2.75, 3.05) is 18.9 Å². The quantitative estimate of drug-likeness (QED) is 0.389. The van der Waals surface area contributed by atoms with Crippen molar-refractivity contribution < 1.29 is 4.79 Å². The second-order valence-corrected chi connectivity index (χ2v) is 5.48. The van der Waals surface area contributed by atoms with E-state index in [0.29, 0.717) is 30.7 Å². The van der Waals surface area contributed by atoms with Gasteiger partial charge in [-0.3, -0.25) is 9.79 Å². The summed E-state index contributed by atoms with van der Waals surface area (Å²) in [6.07, 6.45) is 3.28. The lowest BCUT2D eigenvalue weighted by atomic mass is 10.3. The number of carbonyl (C=O) groups excluding carboxylic acids is 1. The van der Waals surface area contributed by atoms with Crippen molar-refractivity contribution in [3.05, 3.63) is 23.9 Å². The van der Waals surface area contributed by atoms with Crippen LogP contribution >= 0.6 is 24.0 Å². The summed E-state index contributed by atoms with van der Waals surface area (Å²) in [4.78, 5) is 20.1. The predicted octanol–water partition coefficient (Wildman–Crippen LogP) is 1.91. The summed E-state index contributed by atoms with van der Waals surface area (Å²) in [5.41, 5.74) is 1.07. The number of rotatable bonds is 5. The molecule has 2 unspecified atom stereocenters. The molecule has 1 aliphatic carbocycles. The Morgan fingerprint density at radius 2 is 2.18 bits per heavy atom. The first-order valence-electron chi connectivity index (χ1n) is 7.28. The van der Waals surface area contributed by atoms with Gasteiger partial charge in [0.05, 0.1) is 0 Å². The molecule has 3 N–H and O–H groups in total. The van der Waals surface area contributed by atoms with E-state index in [1.54, 1.807) is 19.3 Å². The molecular formula is C15H24IN5O. The highest BCUT2D eigenvalue weighted by Gasteiger charge is 2.33. The van der Waals surface area contributed by atoms with Crippen LogP contribution in [0.3, 0.4) is 0 Å². The molecule has 1 aromatic rings. The molecule has 0 aliphatic heterocycles. The first-order chi connectivity index (χ1) is 10.1. The SMILES string of the molecule is CN=C(NCCC(=O)Nc1ccc(C)cn1)NC1CC1C.I. The number of pyridine rings is 1. The van der Waals surface area contributed by atoms with Gasteiger partial charge in [-0.2, -0.15) is 0 Å². The van der Waals surface area contributed by atoms with Crippen LogP contribution in [-0.2, 0) is 4.79 Å². The molecule has 7 heteroatoms. The van der Waals surface area contributed by atoms with Gasteiger partial charge in [0.1, 0.15) is 5.82 Å². The van der Waals surface area contributed by atoms with Crippen LogP contribution in [0.15, 0.2) is 23.3 Å². The van der Waals surface area contributed by atoms with Gasteiger partial charge in [0.25, 0.3) is 0 Å². The van der Waals surface area contributed by atoms with Gasteiger partial charge in [0, 0.05) is 32.3 Å². The molecule has 0 spiro atoms. The summed E-state index contributed by atoms with van der Waals surface area (Å²) in [5.74, 6) is 1.99. The molecule has 1 heterocycles. The molecule has 0 radical (unpaired) electrons. The summed E-state index contributed by atoms with van der Waals surface area (Å²) in [7, 11) is 1.73. The summed E-state index contributed by atoms with van der Waals surface area (Å²) in [6, 6.07) is 4.24. The number of aryl methyl sites for hydroxylation is 1. The molecule has 2 rings (SSSR count). The number of amides is 1. The molecule has 0 bridgehead atoms. The highest BCUT2D eigenvalue weighted by atomic mass is 127. The zero-order valence-corrected chi connectivity index (χ0v) is 15.5. The fourth-order valence-corrected chi connectivity index (χ4v) is 1.93. The Kier molecular flexibility index (Phi) is 7.57. The number of aromatic nitrogens is 1. The average molecular weight is 417 g/mol. The van der Waals surface area contributed by atoms with Crippen LogP contribution in [0.2, 0.25) is 0 Å². The van der Waals surface area contributed by atoms with Crippen molar-refractivity contribution in [1.82, 2.24) is 15.6 Å². The van der Waals surface area contributed by atoms with Gasteiger partial charge < -0.3 is 16.0 Å². The lowest BCUT2D eigenvalue weighted by Crippen LogP contribution is -2.40. The first kappa shape index (κ1) is 18.7. The lowest BCUT2D eigenvalue weighted by Gasteiger charge is -2.11. The molecule has 122 valence electrons. The van der Waals surface area contributed by atoms with Crippen molar-refractivity contribution in [3.8, 4) is 0 Å². The van der Waals surface area contributed by atoms with E-state index in [9.17, 15) is 4.79 Å². The third-order valence-electron chi connectivity index (χ3n) is 3.48. The number of hydrogen-bond acceptors (Lipinski definition) is 3. The van der Waals surface area contributed by atoms with Crippen LogP contribution in [0.4, 0.5) is 5.82 Å². The van der Waals surface area contributed by atoms with Gasteiger partial charge in [0.15, 0.2) is 5.96 Å². The van der Waals surface area contributed by atoms with Gasteiger partial charge in [-0.1, -0.05) is 13.0 Å². The largest absolute Gasteiger partial charge is 0.356 e. The van der Waals surface area contributed by atoms with Crippen molar-refractivity contribution in [2.45, 2.75) is 32.7 Å². The molecule has 0 aromatic carbocycles. The van der Waals surface area contributed by atoms with E-state index in [-0.39, 0.29) is 29.9 Å². The normalized spacial score (nSPS) is 19.9. The van der Waals surface area contributed by atoms with Gasteiger partial charge in [-0.05, 0) is 30.9 Å². The van der Waals surface area contributed by atoms with Gasteiger partial charge in [-0.15, -0.1) is 24.0 Å². The van der Waals surface area contributed by atoms with Crippen molar-refractivity contribution in [1.29, 1.82) is 0 Å². The zero-order valence-electron chi connectivity index (χ0n) is 13.2. The molecule has 1 saturated carbocycles. The standard InChI is InChI=1S/C15H23N5O.HI/c1-10-4-5-13(18-9-10)20-14(21)6-7-17-15(16-3)19-12-8-11(12)2;/h4-5,9,11-12H,6-8H2,1-3H3,(H2,16,17,19)(H,18,20,21);1H. The van der Waals surface area contributed by atoms with Gasteiger partial charge >= 0.3 is 0 Å². The Bertz CT molecular complexity index is 517. The maximum Gasteiger partial charge on any atom is 0.227 e. The van der Waals surface area contributed by atoms with E-state index in [2.05, 4.69) is 32.9 Å². The summed E-state index contributed by atoms with van der Waals surface area (Å²) >= 11 is 0. The predicted molar refractivity (Wildman–Crippen MR) is 99.7 cm³/mol. The average Bonchev–Trinajstić information content (AvgIpc) is 3.15. The summed E-state index contributed by atoms with van der Waals surface area (Å²) < 4.78 is 0. The molecule has 22 heavy (non-hydrogen) atoms. The van der Waals surface area contributed by atoms with Crippen LogP contribution in [0.5, 0.6) is 0 Å². The van der Waals surface area contributed by atoms with E-state index < -0.39 is 0 Å². The highest BCUT2D eigenvalue weighted by molar-refractivity contribution is 14.0. The molecule has 2 atom stereocenters. The Hall–Kier alpha value is -1.38. The smallest absolute Gasteiger partial charge is 0.227 e. The van der Waals surface area contributed by atoms with E-state index >= 15 is 0 Å². The fourth-order valence-electron chi connectivity index (χ4n) is 1.93. The van der Waals surface area contributed by atoms with Crippen LogP contribution in [0, 0.1) is 12.8 Å². The maximum atomic E-state index is 11.8. The first-order valence-corrected chi connectivity index (χ1v) is 7.28. The van der Waals surface area contributed by atoms with E-state index in [1.165, 1.54) is 6.42 Å². The lowest BCUT2D eigenvalue weighted by molar-refractivity contribution is -0.116. The third kappa shape index (κ3) is 6.17. The number of carbonyl (C=O) groups is 1. The van der Waals surface area contributed by atoms with Crippen molar-refractivity contribution >= 4 is 41.7 Å². The van der Waals surface area contributed by atoms with Gasteiger partial charge in [-0.25, -0.2) is 4.98 Å². The zero-order chi connectivity index (χ0) is 15.2. The molecule has 6 nitrogen and oxygen atoms in total. The Morgan fingerprint density at radius 1 is 1.45 bits per heavy atom. The van der Waals surface area contributed by atoms with Crippen molar-refractivity contribution in [3.63, 3.8) is 0 Å². The molecule has 1 amide bonds. The topological polar surface area (TPSA) is 78.4 Å². The Morgan fingerprint density at radius 3 is 2.73 bits per heavy atom. The Balaban J connectivity index is 0.00000242. The van der Waals surface area contributed by atoms with Crippen LogP contribution in [0.25, 0.3) is 0 Å². The number of aliphatic imine (C=N–C) groups is 1. The maximum absolute atomic E-state index is 11.8. The molecule has 0 saturated heterocycles. The van der Waals surface area contributed by atoms with Crippen molar-refractivity contribution in [2.24, 2.45) is 10.9 Å². The van der Waals surface area contributed by atoms with Gasteiger partial charge in [0.2, 0.25) is 5.91 Å². The number of anilines is 1. The minimum Gasteiger partial charge on any atom is -0.356 e. The fraction of sp³-hybridized carbons (Fsp3) is 0.533. The van der Waals surface area contributed by atoms with Crippen LogP contribution in [0.1, 0.15) is 25.3 Å². The monoisotopic (exact) mass is 417 g/mol. The molecule has 1 aliphatic rings. The highest BCUT2D eigenvalue weighted by Crippen LogP contribution is 2.28. The molecule has 1 fully saturated rings. The Labute approximate surface area is 148 Å². The number of hydrogen-bond donors (Lipinski definition) is 3. The minimum absolute atomic E-state index is 0. The summed E-state index contributed by atoms with van der Waals surface area (Å²) in [6.45, 7) is 4.70. The number of guanidine groups is 1. The minimum atomic E-state index is -0.0610. The second-order valence-electron chi connectivity index (χ2n) is 5.48. The second kappa shape index (κ2) is 8.92. The molecular weight excluding hydrogens is 393 g/mol. The number of nitrogens with one attached hydrogen (secondary N) is 3. The van der Waals surface area contributed by atoms with E-state index in [0.717, 1.165) is 11.5 Å². The summed E-state index contributed by atoms with van der Waals surface area (Å²) in [5, 5.41) is 9.23. The van der Waals surface area contributed by atoms with Crippen LogP contribution < -0.4 is 16.0 Å². The third-order valence-corrected chi connectivity index (χ3v) is 3.48. The molecule has 1 aromatic heterocycles. The number of halogens is 1. The van der Waals surface area contributed by atoms with E-state index in [4.69, 9.17) is 0 Å².